The van der Waals surface area contributed by atoms with Crippen molar-refractivity contribution in [2.45, 2.75) is 12.5 Å². The fourth-order valence-corrected chi connectivity index (χ4v) is 3.28. The molecule has 0 spiro atoms. The van der Waals surface area contributed by atoms with Crippen molar-refractivity contribution in [3.8, 4) is 11.5 Å². The smallest absolute Gasteiger partial charge is 0.227 e. The van der Waals surface area contributed by atoms with Crippen molar-refractivity contribution in [2.75, 3.05) is 33.9 Å². The number of carbonyl (C=O) groups excluding carboxylic acids is 1. The number of carbonyl (C=O) groups is 1. The molecule has 1 fully saturated rings. The highest BCUT2D eigenvalue weighted by Crippen LogP contribution is 2.30. The van der Waals surface area contributed by atoms with E-state index in [4.69, 9.17) is 9.47 Å². The molecule has 1 atom stereocenters. The van der Waals surface area contributed by atoms with E-state index in [2.05, 4.69) is 5.32 Å². The first-order chi connectivity index (χ1) is 12.2. The van der Waals surface area contributed by atoms with E-state index in [0.717, 1.165) is 35.7 Å². The van der Waals surface area contributed by atoms with Crippen molar-refractivity contribution in [2.24, 2.45) is 0 Å². The van der Waals surface area contributed by atoms with Crippen molar-refractivity contribution in [3.05, 3.63) is 59.7 Å². The summed E-state index contributed by atoms with van der Waals surface area (Å²) in [5.74, 6) is 1.70. The highest BCUT2D eigenvalue weighted by molar-refractivity contribution is 5.79. The van der Waals surface area contributed by atoms with Crippen LogP contribution < -0.4 is 14.8 Å². The van der Waals surface area contributed by atoms with Gasteiger partial charge in [0.1, 0.15) is 11.5 Å². The van der Waals surface area contributed by atoms with Crippen molar-refractivity contribution >= 4 is 5.91 Å². The van der Waals surface area contributed by atoms with Gasteiger partial charge in [0.15, 0.2) is 0 Å². The summed E-state index contributed by atoms with van der Waals surface area (Å²) in [5.41, 5.74) is 2.00. The van der Waals surface area contributed by atoms with Crippen LogP contribution in [0.1, 0.15) is 17.2 Å². The summed E-state index contributed by atoms with van der Waals surface area (Å²) in [6.45, 7) is 2.21. The third-order valence-electron chi connectivity index (χ3n) is 4.55. The van der Waals surface area contributed by atoms with E-state index >= 15 is 0 Å². The monoisotopic (exact) mass is 340 g/mol. The van der Waals surface area contributed by atoms with E-state index < -0.39 is 0 Å². The third kappa shape index (κ3) is 3.94. The highest BCUT2D eigenvalue weighted by Gasteiger charge is 2.29. The molecule has 2 aromatic carbocycles. The van der Waals surface area contributed by atoms with Crippen LogP contribution in [-0.4, -0.2) is 44.7 Å². The standard InChI is InChI=1S/C20H24N2O3/c1-24-16-7-5-6-15(12-16)13-20(23)22-11-10-21-14-18(22)17-8-3-4-9-19(17)25-2/h3-9,12,18,21H,10-11,13-14H2,1-2H3. The molecule has 2 aromatic rings. The maximum Gasteiger partial charge on any atom is 0.227 e. The normalized spacial score (nSPS) is 17.2. The summed E-state index contributed by atoms with van der Waals surface area (Å²) >= 11 is 0. The second-order valence-corrected chi connectivity index (χ2v) is 6.08. The van der Waals surface area contributed by atoms with E-state index in [0.29, 0.717) is 13.0 Å². The Hall–Kier alpha value is -2.53. The Morgan fingerprint density at radius 1 is 1.16 bits per heavy atom. The van der Waals surface area contributed by atoms with Crippen molar-refractivity contribution < 1.29 is 14.3 Å². The molecule has 1 amide bonds. The maximum atomic E-state index is 13.0. The minimum atomic E-state index is -0.0250. The SMILES string of the molecule is COc1cccc(CC(=O)N2CCNCC2c2ccccc2OC)c1. The van der Waals surface area contributed by atoms with Gasteiger partial charge in [-0.05, 0) is 23.8 Å². The summed E-state index contributed by atoms with van der Waals surface area (Å²) < 4.78 is 10.7. The Bertz CT molecular complexity index is 732. The summed E-state index contributed by atoms with van der Waals surface area (Å²) in [6, 6.07) is 15.5. The Morgan fingerprint density at radius 2 is 2.00 bits per heavy atom. The molecular weight excluding hydrogens is 316 g/mol. The van der Waals surface area contributed by atoms with E-state index in [1.54, 1.807) is 14.2 Å². The van der Waals surface area contributed by atoms with Gasteiger partial charge in [-0.15, -0.1) is 0 Å². The van der Waals surface area contributed by atoms with Gasteiger partial charge in [-0.2, -0.15) is 0 Å². The third-order valence-corrected chi connectivity index (χ3v) is 4.55. The van der Waals surface area contributed by atoms with Gasteiger partial charge < -0.3 is 19.7 Å². The molecule has 1 unspecified atom stereocenters. The fraction of sp³-hybridized carbons (Fsp3) is 0.350. The number of amides is 1. The number of nitrogens with zero attached hydrogens (tertiary/aromatic N) is 1. The van der Waals surface area contributed by atoms with Crippen molar-refractivity contribution in [3.63, 3.8) is 0 Å². The molecule has 132 valence electrons. The first-order valence-corrected chi connectivity index (χ1v) is 8.49. The number of benzene rings is 2. The average Bonchev–Trinajstić information content (AvgIpc) is 2.68. The minimum Gasteiger partial charge on any atom is -0.497 e. The number of hydrogen-bond acceptors (Lipinski definition) is 4. The molecule has 3 rings (SSSR count). The number of rotatable bonds is 5. The second-order valence-electron chi connectivity index (χ2n) is 6.08. The molecule has 1 N–H and O–H groups in total. The van der Waals surface area contributed by atoms with Crippen molar-refractivity contribution in [1.82, 2.24) is 10.2 Å². The van der Waals surface area contributed by atoms with Crippen LogP contribution in [0.5, 0.6) is 11.5 Å². The van der Waals surface area contributed by atoms with Crippen LogP contribution in [0, 0.1) is 0 Å². The molecule has 25 heavy (non-hydrogen) atoms. The lowest BCUT2D eigenvalue weighted by atomic mass is 10.0. The van der Waals surface area contributed by atoms with E-state index in [9.17, 15) is 4.79 Å². The summed E-state index contributed by atoms with van der Waals surface area (Å²) in [4.78, 5) is 14.9. The quantitative estimate of drug-likeness (QED) is 0.908. The number of nitrogens with one attached hydrogen (secondary N) is 1. The molecule has 1 aliphatic heterocycles. The number of para-hydroxylation sites is 1. The largest absolute Gasteiger partial charge is 0.497 e. The number of piperazine rings is 1. The first-order valence-electron chi connectivity index (χ1n) is 8.49. The van der Waals surface area contributed by atoms with Gasteiger partial charge in [0.25, 0.3) is 0 Å². The van der Waals surface area contributed by atoms with Gasteiger partial charge in [0.05, 0.1) is 26.7 Å². The van der Waals surface area contributed by atoms with Gasteiger partial charge in [0.2, 0.25) is 5.91 Å². The lowest BCUT2D eigenvalue weighted by molar-refractivity contribution is -0.133. The van der Waals surface area contributed by atoms with Gasteiger partial charge in [-0.25, -0.2) is 0 Å². The number of ether oxygens (including phenoxy) is 2. The fourth-order valence-electron chi connectivity index (χ4n) is 3.28. The molecule has 1 saturated heterocycles. The average molecular weight is 340 g/mol. The summed E-state index contributed by atoms with van der Waals surface area (Å²) in [5, 5.41) is 3.38. The van der Waals surface area contributed by atoms with Gasteiger partial charge in [-0.1, -0.05) is 30.3 Å². The molecule has 0 aliphatic carbocycles. The molecular formula is C20H24N2O3. The molecule has 1 aliphatic rings. The summed E-state index contributed by atoms with van der Waals surface area (Å²) in [6.07, 6.45) is 0.364. The molecule has 0 saturated carbocycles. The van der Waals surface area contributed by atoms with Crippen LogP contribution in [0.4, 0.5) is 0 Å². The number of hydrogen-bond donors (Lipinski definition) is 1. The van der Waals surface area contributed by atoms with E-state index in [-0.39, 0.29) is 11.9 Å². The second kappa shape index (κ2) is 8.03. The van der Waals surface area contributed by atoms with Crippen LogP contribution in [0.2, 0.25) is 0 Å². The number of methoxy groups -OCH3 is 2. The van der Waals surface area contributed by atoms with Crippen LogP contribution >= 0.6 is 0 Å². The predicted molar refractivity (Wildman–Crippen MR) is 97.0 cm³/mol. The predicted octanol–water partition coefficient (Wildman–Crippen LogP) is 2.42. The van der Waals surface area contributed by atoms with E-state index in [1.807, 2.05) is 53.4 Å². The molecule has 0 radical (unpaired) electrons. The van der Waals surface area contributed by atoms with E-state index in [1.165, 1.54) is 0 Å². The molecule has 5 heteroatoms. The van der Waals surface area contributed by atoms with Gasteiger partial charge in [0, 0.05) is 25.2 Å². The zero-order valence-electron chi connectivity index (χ0n) is 14.7. The Labute approximate surface area is 148 Å². The maximum absolute atomic E-state index is 13.0. The zero-order chi connectivity index (χ0) is 17.6. The Morgan fingerprint density at radius 3 is 2.80 bits per heavy atom. The molecule has 5 nitrogen and oxygen atoms in total. The minimum absolute atomic E-state index is 0.0250. The van der Waals surface area contributed by atoms with Crippen LogP contribution in [0.3, 0.4) is 0 Å². The van der Waals surface area contributed by atoms with Crippen molar-refractivity contribution in [1.29, 1.82) is 0 Å². The molecule has 0 aromatic heterocycles. The van der Waals surface area contributed by atoms with Crippen LogP contribution in [0.25, 0.3) is 0 Å². The van der Waals surface area contributed by atoms with Gasteiger partial charge in [-0.3, -0.25) is 4.79 Å². The zero-order valence-corrected chi connectivity index (χ0v) is 14.7. The molecule has 0 bridgehead atoms. The highest BCUT2D eigenvalue weighted by atomic mass is 16.5. The first kappa shape index (κ1) is 17.3. The lowest BCUT2D eigenvalue weighted by Crippen LogP contribution is -2.49. The Balaban J connectivity index is 1.81. The Kier molecular flexibility index (Phi) is 5.56. The lowest BCUT2D eigenvalue weighted by Gasteiger charge is -2.37. The van der Waals surface area contributed by atoms with Gasteiger partial charge >= 0.3 is 0 Å². The van der Waals surface area contributed by atoms with Crippen LogP contribution in [0.15, 0.2) is 48.5 Å². The summed E-state index contributed by atoms with van der Waals surface area (Å²) in [7, 11) is 3.30. The molecule has 1 heterocycles. The van der Waals surface area contributed by atoms with Crippen LogP contribution in [-0.2, 0) is 11.2 Å². The topological polar surface area (TPSA) is 50.8 Å².